The standard InChI is InChI=1S/C65H70N6O15S4/c72-60(9-7-5-3-1-2-4-6-8-42-87)66-34-35-83-36-37-84-38-39-85-40-41-86-43-61(73)67-48-18-10-44(11-19-48)62-52-26-28-54(68-52)63(45-12-20-49(21-13-45)88(74,75)76)56-30-32-58(70-56)65(47-16-24-51(25-17-47)90(80,81)82)59-33-31-57(71-59)64(55-29-27-53(62)69-55)46-14-22-50(23-15-46)89(77,78)79/h10-33,68,71,87H,1-9,34-43H2,(H,66,72)(H,67,73)(H,74,75,76)(H,77,78,79)(H,80,81,82). The van der Waals surface area contributed by atoms with Crippen molar-refractivity contribution in [1.82, 2.24) is 25.3 Å². The molecule has 2 amide bonds. The van der Waals surface area contributed by atoms with Gasteiger partial charge in [-0.2, -0.15) is 37.9 Å². The van der Waals surface area contributed by atoms with Crippen LogP contribution in [-0.4, -0.2) is 136 Å². The van der Waals surface area contributed by atoms with Gasteiger partial charge < -0.3 is 39.5 Å². The third-order valence-electron chi connectivity index (χ3n) is 14.8. The van der Waals surface area contributed by atoms with Crippen molar-refractivity contribution in [3.8, 4) is 44.5 Å². The number of aromatic amines is 2. The van der Waals surface area contributed by atoms with E-state index in [1.165, 1.54) is 80.6 Å². The highest BCUT2D eigenvalue weighted by atomic mass is 32.2. The Kier molecular flexibility index (Phi) is 23.3. The van der Waals surface area contributed by atoms with Crippen molar-refractivity contribution in [3.63, 3.8) is 0 Å². The van der Waals surface area contributed by atoms with Gasteiger partial charge in [-0.05, 0) is 138 Å². The van der Waals surface area contributed by atoms with E-state index in [1.54, 1.807) is 66.8 Å². The summed E-state index contributed by atoms with van der Waals surface area (Å²) in [4.78, 5) is 41.6. The number of aromatic nitrogens is 4. The minimum absolute atomic E-state index is 0.0458. The molecule has 3 aromatic heterocycles. The summed E-state index contributed by atoms with van der Waals surface area (Å²) in [6.45, 7) is 2.44. The van der Waals surface area contributed by atoms with E-state index in [1.807, 2.05) is 30.3 Å². The van der Waals surface area contributed by atoms with Gasteiger partial charge in [-0.3, -0.25) is 23.2 Å². The second-order valence-corrected chi connectivity index (χ2v) is 25.9. The lowest BCUT2D eigenvalue weighted by atomic mass is 10.0. The van der Waals surface area contributed by atoms with Crippen LogP contribution < -0.4 is 10.6 Å². The molecule has 21 nitrogen and oxygen atoms in total. The summed E-state index contributed by atoms with van der Waals surface area (Å²) in [6, 6.07) is 31.3. The molecule has 0 spiro atoms. The number of benzene rings is 4. The second kappa shape index (κ2) is 31.4. The molecule has 2 aliphatic heterocycles. The number of nitrogens with one attached hydrogen (secondary N) is 4. The van der Waals surface area contributed by atoms with Gasteiger partial charge in [0.25, 0.3) is 30.4 Å². The van der Waals surface area contributed by atoms with E-state index >= 15 is 0 Å². The van der Waals surface area contributed by atoms with E-state index < -0.39 is 36.3 Å². The maximum absolute atomic E-state index is 13.1. The summed E-state index contributed by atoms with van der Waals surface area (Å²) >= 11 is 4.25. The molecule has 474 valence electrons. The Morgan fingerprint density at radius 2 is 0.733 bits per heavy atom. The fourth-order valence-corrected chi connectivity index (χ4v) is 12.0. The molecule has 0 radical (unpaired) electrons. The van der Waals surface area contributed by atoms with E-state index in [2.05, 4.69) is 33.2 Å². The van der Waals surface area contributed by atoms with E-state index in [4.69, 9.17) is 28.9 Å². The lowest BCUT2D eigenvalue weighted by Crippen LogP contribution is -2.27. The van der Waals surface area contributed by atoms with Gasteiger partial charge in [-0.1, -0.05) is 87.1 Å². The fraction of sp³-hybridized carbons (Fsp3) is 0.292. The van der Waals surface area contributed by atoms with Crippen LogP contribution in [-0.2, 0) is 58.9 Å². The first-order valence-electron chi connectivity index (χ1n) is 29.3. The van der Waals surface area contributed by atoms with Crippen molar-refractivity contribution >= 4 is 107 Å². The molecule has 7 N–H and O–H groups in total. The van der Waals surface area contributed by atoms with Crippen LogP contribution >= 0.6 is 12.6 Å². The van der Waals surface area contributed by atoms with Gasteiger partial charge in [0.2, 0.25) is 11.8 Å². The third kappa shape index (κ3) is 18.3. The highest BCUT2D eigenvalue weighted by Gasteiger charge is 2.22. The Balaban J connectivity index is 0.911. The summed E-state index contributed by atoms with van der Waals surface area (Å²) in [7, 11) is -13.7. The monoisotopic (exact) mass is 1300 g/mol. The zero-order valence-corrected chi connectivity index (χ0v) is 52.4. The zero-order chi connectivity index (χ0) is 63.7. The number of unbranched alkanes of at least 4 members (excludes halogenated alkanes) is 7. The average molecular weight is 1300 g/mol. The van der Waals surface area contributed by atoms with Gasteiger partial charge >= 0.3 is 0 Å². The van der Waals surface area contributed by atoms with Crippen LogP contribution in [0, 0.1) is 0 Å². The second-order valence-electron chi connectivity index (χ2n) is 21.2. The summed E-state index contributed by atoms with van der Waals surface area (Å²) < 4.78 is 125. The molecule has 0 saturated carbocycles. The molecule has 5 heterocycles. The summed E-state index contributed by atoms with van der Waals surface area (Å²) in [5.41, 5.74) is 8.79. The molecule has 0 unspecified atom stereocenters. The first kappa shape index (κ1) is 66.8. The van der Waals surface area contributed by atoms with Crippen molar-refractivity contribution < 1.29 is 67.4 Å². The lowest BCUT2D eigenvalue weighted by molar-refractivity contribution is -0.122. The van der Waals surface area contributed by atoms with Crippen LogP contribution in [0.3, 0.4) is 0 Å². The van der Waals surface area contributed by atoms with Crippen LogP contribution in [0.25, 0.3) is 90.9 Å². The predicted octanol–water partition coefficient (Wildman–Crippen LogP) is 11.6. The summed E-state index contributed by atoms with van der Waals surface area (Å²) in [5.74, 6) is 0.602. The smallest absolute Gasteiger partial charge is 0.294 e. The molecule has 90 heavy (non-hydrogen) atoms. The van der Waals surface area contributed by atoms with Crippen LogP contribution in [0.2, 0.25) is 0 Å². The van der Waals surface area contributed by atoms with Gasteiger partial charge in [0.05, 0.1) is 83.7 Å². The number of H-pyrrole nitrogens is 2. The molecule has 7 aromatic rings. The van der Waals surface area contributed by atoms with Crippen molar-refractivity contribution in [3.05, 3.63) is 144 Å². The van der Waals surface area contributed by atoms with E-state index in [-0.39, 0.29) is 40.4 Å². The summed E-state index contributed by atoms with van der Waals surface area (Å²) in [5, 5.41) is 5.77. The molecular weight excluding hydrogens is 1230 g/mol. The number of rotatable bonds is 32. The Hall–Kier alpha value is -7.66. The predicted molar refractivity (Wildman–Crippen MR) is 350 cm³/mol. The number of anilines is 1. The SMILES string of the molecule is O=C(CCCCCCCCCCS)NCCOCCOCCOCCOCC(=O)Nc1ccc(-c2c3nc(c(-c4ccc(S(=O)(=O)O)cc4)c4ccc([nH]4)c(-c4ccc(S(=O)(=O)O)cc4)c4nc(c(-c5ccc(S(=O)(=O)O)cc5)c5ccc2[nH]5)C=C4)C=C3)cc1. The molecule has 9 rings (SSSR count). The highest BCUT2D eigenvalue weighted by Crippen LogP contribution is 2.39. The molecule has 0 fully saturated rings. The Morgan fingerprint density at radius 3 is 1.09 bits per heavy atom. The van der Waals surface area contributed by atoms with Crippen molar-refractivity contribution in [2.24, 2.45) is 0 Å². The normalized spacial score (nSPS) is 12.4. The number of hydrogen-bond acceptors (Lipinski definition) is 15. The molecule has 8 bridgehead atoms. The quantitative estimate of drug-likeness (QED) is 0.0110. The number of ether oxygens (including phenoxy) is 4. The van der Waals surface area contributed by atoms with Gasteiger partial charge in [0.1, 0.15) is 6.61 Å². The molecule has 4 aromatic carbocycles. The molecule has 0 atom stereocenters. The summed E-state index contributed by atoms with van der Waals surface area (Å²) in [6.07, 6.45) is 17.0. The number of nitrogens with zero attached hydrogens (tertiary/aromatic N) is 2. The molecular formula is C65H70N6O15S4. The average Bonchev–Trinajstić information content (AvgIpc) is 1.68. The van der Waals surface area contributed by atoms with E-state index in [0.29, 0.717) is 141 Å². The zero-order valence-electron chi connectivity index (χ0n) is 49.1. The Labute approximate surface area is 528 Å². The number of carbonyl (C=O) groups is 2. The first-order valence-corrected chi connectivity index (χ1v) is 34.3. The van der Waals surface area contributed by atoms with Crippen LogP contribution in [0.15, 0.2) is 136 Å². The number of hydrogen-bond donors (Lipinski definition) is 8. The van der Waals surface area contributed by atoms with Gasteiger partial charge in [-0.25, -0.2) is 9.97 Å². The van der Waals surface area contributed by atoms with E-state index in [0.717, 1.165) is 25.0 Å². The van der Waals surface area contributed by atoms with Gasteiger partial charge in [0, 0.05) is 63.0 Å². The van der Waals surface area contributed by atoms with E-state index in [9.17, 15) is 48.5 Å². The van der Waals surface area contributed by atoms with Crippen molar-refractivity contribution in [1.29, 1.82) is 0 Å². The largest absolute Gasteiger partial charge is 0.377 e. The first-order chi connectivity index (χ1) is 43.3. The maximum Gasteiger partial charge on any atom is 0.294 e. The molecule has 2 aliphatic rings. The van der Waals surface area contributed by atoms with Crippen LogP contribution in [0.5, 0.6) is 0 Å². The third-order valence-corrected chi connectivity index (χ3v) is 17.7. The number of amides is 2. The molecule has 25 heteroatoms. The lowest BCUT2D eigenvalue weighted by Gasteiger charge is -2.09. The maximum atomic E-state index is 13.1. The number of carbonyl (C=O) groups excluding carboxylic acids is 2. The Morgan fingerprint density at radius 1 is 0.411 bits per heavy atom. The van der Waals surface area contributed by atoms with Gasteiger partial charge in [-0.15, -0.1) is 0 Å². The fourth-order valence-electron chi connectivity index (χ4n) is 10.4. The molecule has 0 aliphatic carbocycles. The van der Waals surface area contributed by atoms with Crippen LogP contribution in [0.4, 0.5) is 5.69 Å². The van der Waals surface area contributed by atoms with Crippen molar-refractivity contribution in [2.75, 3.05) is 70.5 Å². The topological polar surface area (TPSA) is 316 Å². The van der Waals surface area contributed by atoms with Crippen molar-refractivity contribution in [2.45, 2.75) is 72.5 Å². The minimum Gasteiger partial charge on any atom is -0.377 e. The number of thiol groups is 1. The minimum atomic E-state index is -4.56. The molecule has 0 saturated heterocycles. The van der Waals surface area contributed by atoms with Crippen LogP contribution in [0.1, 0.15) is 80.6 Å². The highest BCUT2D eigenvalue weighted by molar-refractivity contribution is 7.86. The number of fused-ring (bicyclic) bond motifs is 8. The Bertz CT molecular complexity index is 4180. The van der Waals surface area contributed by atoms with Gasteiger partial charge in [0.15, 0.2) is 0 Å².